The number of nitrogens with zero attached hydrogens (tertiary/aromatic N) is 3. The zero-order valence-electron chi connectivity index (χ0n) is 26.2. The van der Waals surface area contributed by atoms with Crippen molar-refractivity contribution in [3.05, 3.63) is 37.9 Å². The number of hydrogen-bond donors (Lipinski definition) is 0. The minimum Gasteiger partial charge on any atom is -0.360 e. The molecule has 0 N–H and O–H groups in total. The molecule has 0 saturated carbocycles. The first-order chi connectivity index (χ1) is 17.5. The molecular formula is C29H52F3N3O4. The number of nitro benzene ring substituents is 2. The zero-order valence-corrected chi connectivity index (χ0v) is 26.2. The van der Waals surface area contributed by atoms with E-state index in [1.165, 1.54) is 17.7 Å². The number of anilines is 1. The molecule has 0 radical (unpaired) electrons. The first-order valence-electron chi connectivity index (χ1n) is 13.8. The fourth-order valence-electron chi connectivity index (χ4n) is 4.69. The largest absolute Gasteiger partial charge is 0.416 e. The molecule has 1 rings (SSSR count). The van der Waals surface area contributed by atoms with Crippen LogP contribution >= 0.6 is 0 Å². The summed E-state index contributed by atoms with van der Waals surface area (Å²) in [7, 11) is 0. The van der Waals surface area contributed by atoms with Crippen molar-refractivity contribution in [3.63, 3.8) is 0 Å². The second-order valence-corrected chi connectivity index (χ2v) is 13.2. The molecule has 39 heavy (non-hydrogen) atoms. The third kappa shape index (κ3) is 17.7. The average molecular weight is 564 g/mol. The lowest BCUT2D eigenvalue weighted by Gasteiger charge is -2.23. The summed E-state index contributed by atoms with van der Waals surface area (Å²) in [4.78, 5) is 21.7. The van der Waals surface area contributed by atoms with E-state index in [-0.39, 0.29) is 18.8 Å². The van der Waals surface area contributed by atoms with Gasteiger partial charge in [-0.05, 0) is 48.3 Å². The predicted molar refractivity (Wildman–Crippen MR) is 155 cm³/mol. The van der Waals surface area contributed by atoms with Gasteiger partial charge in [0, 0.05) is 25.2 Å². The minimum atomic E-state index is -4.91. The second kappa shape index (κ2) is 16.7. The average Bonchev–Trinajstić information content (AvgIpc) is 2.69. The van der Waals surface area contributed by atoms with Crippen LogP contribution in [0.2, 0.25) is 0 Å². The van der Waals surface area contributed by atoms with Gasteiger partial charge in [0.1, 0.15) is 0 Å². The molecule has 7 nitrogen and oxygen atoms in total. The number of halogens is 3. The van der Waals surface area contributed by atoms with Crippen molar-refractivity contribution in [2.45, 2.75) is 115 Å². The van der Waals surface area contributed by atoms with Crippen LogP contribution in [-0.4, -0.2) is 22.9 Å². The summed E-state index contributed by atoms with van der Waals surface area (Å²) in [6, 6.07) is 0.696. The quantitative estimate of drug-likeness (QED) is 0.220. The molecule has 0 spiro atoms. The third-order valence-electron chi connectivity index (χ3n) is 5.13. The molecule has 10 heteroatoms. The highest BCUT2D eigenvalue weighted by atomic mass is 19.4. The Bertz CT molecular complexity index is 826. The third-order valence-corrected chi connectivity index (χ3v) is 5.13. The molecule has 0 aliphatic rings. The fraction of sp³-hybridized carbons (Fsp3) is 0.793. The van der Waals surface area contributed by atoms with Crippen LogP contribution in [0.4, 0.5) is 30.2 Å². The fourth-order valence-corrected chi connectivity index (χ4v) is 4.69. The van der Waals surface area contributed by atoms with Crippen molar-refractivity contribution in [2.24, 2.45) is 22.7 Å². The molecule has 1 aromatic rings. The van der Waals surface area contributed by atoms with Crippen molar-refractivity contribution in [3.8, 4) is 0 Å². The molecule has 0 aliphatic heterocycles. The molecule has 0 atom stereocenters. The van der Waals surface area contributed by atoms with Gasteiger partial charge >= 0.3 is 6.18 Å². The van der Waals surface area contributed by atoms with Gasteiger partial charge in [-0.1, -0.05) is 83.1 Å². The van der Waals surface area contributed by atoms with Crippen LogP contribution < -0.4 is 4.90 Å². The van der Waals surface area contributed by atoms with Gasteiger partial charge in [0.25, 0.3) is 11.4 Å². The summed E-state index contributed by atoms with van der Waals surface area (Å²) in [6.07, 6.45) is -1.18. The van der Waals surface area contributed by atoms with Gasteiger partial charge in [-0.2, -0.15) is 13.2 Å². The smallest absolute Gasteiger partial charge is 0.360 e. The molecule has 0 saturated heterocycles. The van der Waals surface area contributed by atoms with Crippen molar-refractivity contribution in [1.29, 1.82) is 0 Å². The van der Waals surface area contributed by atoms with Crippen LogP contribution in [0.5, 0.6) is 0 Å². The number of alkyl halides is 3. The van der Waals surface area contributed by atoms with E-state index in [0.717, 1.165) is 11.8 Å². The van der Waals surface area contributed by atoms with Gasteiger partial charge < -0.3 is 4.90 Å². The van der Waals surface area contributed by atoms with Crippen LogP contribution in [0.1, 0.15) is 114 Å². The Balaban J connectivity index is 0. The number of hydrogen-bond acceptors (Lipinski definition) is 5. The predicted octanol–water partition coefficient (Wildman–Crippen LogP) is 10.3. The Labute approximate surface area is 233 Å². The molecule has 0 aliphatic carbocycles. The second-order valence-electron chi connectivity index (χ2n) is 13.2. The van der Waals surface area contributed by atoms with E-state index in [2.05, 4.69) is 69.2 Å². The number of rotatable bonds is 9. The maximum Gasteiger partial charge on any atom is 0.416 e. The van der Waals surface area contributed by atoms with Gasteiger partial charge in [-0.15, -0.1) is 0 Å². The van der Waals surface area contributed by atoms with E-state index in [4.69, 9.17) is 0 Å². The number of nitro groups is 2. The maximum atomic E-state index is 12.8. The van der Waals surface area contributed by atoms with E-state index in [1.54, 1.807) is 13.8 Å². The van der Waals surface area contributed by atoms with Gasteiger partial charge in [0.2, 0.25) is 0 Å². The molecule has 228 valence electrons. The highest BCUT2D eigenvalue weighted by Crippen LogP contribution is 2.43. The summed E-state index contributed by atoms with van der Waals surface area (Å²) >= 11 is 0. The lowest BCUT2D eigenvalue weighted by molar-refractivity contribution is -0.393. The Hall–Kier alpha value is -2.39. The number of benzene rings is 1. The molecule has 0 fully saturated rings. The molecular weight excluding hydrogens is 511 g/mol. The van der Waals surface area contributed by atoms with Gasteiger partial charge in [0.05, 0.1) is 15.4 Å². The van der Waals surface area contributed by atoms with Gasteiger partial charge in [-0.3, -0.25) is 20.2 Å². The monoisotopic (exact) mass is 563 g/mol. The Morgan fingerprint density at radius 1 is 0.744 bits per heavy atom. The van der Waals surface area contributed by atoms with Crippen molar-refractivity contribution < 1.29 is 23.0 Å². The Kier molecular flexibility index (Phi) is 16.5. The summed E-state index contributed by atoms with van der Waals surface area (Å²) in [5, 5.41) is 22.4. The Morgan fingerprint density at radius 3 is 1.21 bits per heavy atom. The lowest BCUT2D eigenvalue weighted by atomic mass is 9.86. The first-order valence-corrected chi connectivity index (χ1v) is 13.8. The summed E-state index contributed by atoms with van der Waals surface area (Å²) in [6.45, 7) is 26.9. The van der Waals surface area contributed by atoms with Gasteiger partial charge in [-0.25, -0.2) is 0 Å². The zero-order chi connectivity index (χ0) is 31.4. The maximum absolute atomic E-state index is 12.8. The summed E-state index contributed by atoms with van der Waals surface area (Å²) < 4.78 is 38.5. The van der Waals surface area contributed by atoms with E-state index in [1.807, 2.05) is 0 Å². The van der Waals surface area contributed by atoms with E-state index in [0.29, 0.717) is 35.8 Å². The van der Waals surface area contributed by atoms with E-state index in [9.17, 15) is 33.4 Å². The molecule has 1 aromatic carbocycles. The minimum absolute atomic E-state index is 0.265. The lowest BCUT2D eigenvalue weighted by Crippen LogP contribution is -2.27. The molecule has 0 unspecified atom stereocenters. The topological polar surface area (TPSA) is 89.5 Å². The molecule has 0 aromatic heterocycles. The SMILES string of the molecule is CC(C)CC(C)(C)C.CC(C)CC(C)(C)C.CCCN(CCC)c1c([N+](=O)[O-])cc(C(F)(F)F)cc1[N+](=O)[O-]. The highest BCUT2D eigenvalue weighted by Gasteiger charge is 2.39. The molecule has 0 heterocycles. The van der Waals surface area contributed by atoms with Crippen LogP contribution in [-0.2, 0) is 6.18 Å². The van der Waals surface area contributed by atoms with Crippen LogP contribution in [0.15, 0.2) is 12.1 Å². The van der Waals surface area contributed by atoms with Gasteiger partial charge in [0.15, 0.2) is 5.69 Å². The van der Waals surface area contributed by atoms with Crippen LogP contribution in [0, 0.1) is 42.9 Å². The Morgan fingerprint density at radius 2 is 1.05 bits per heavy atom. The van der Waals surface area contributed by atoms with Crippen LogP contribution in [0.25, 0.3) is 0 Å². The normalized spacial score (nSPS) is 11.9. The highest BCUT2D eigenvalue weighted by molar-refractivity contribution is 5.76. The van der Waals surface area contributed by atoms with Crippen molar-refractivity contribution in [1.82, 2.24) is 0 Å². The summed E-state index contributed by atoms with van der Waals surface area (Å²) in [5.41, 5.74) is -2.56. The van der Waals surface area contributed by atoms with Crippen LogP contribution in [0.3, 0.4) is 0 Å². The van der Waals surface area contributed by atoms with E-state index < -0.39 is 33.0 Å². The van der Waals surface area contributed by atoms with Crippen molar-refractivity contribution >= 4 is 17.1 Å². The first kappa shape index (κ1) is 38.8. The summed E-state index contributed by atoms with van der Waals surface area (Å²) in [5.74, 6) is 1.69. The van der Waals surface area contributed by atoms with E-state index >= 15 is 0 Å². The molecule has 0 amide bonds. The van der Waals surface area contributed by atoms with Crippen molar-refractivity contribution in [2.75, 3.05) is 18.0 Å². The molecule has 0 bridgehead atoms. The standard InChI is InChI=1S/C13H16F3N3O4.2C8H18/c1-3-5-17(6-4-2)12-10(18(20)21)7-9(13(14,15)16)8-11(12)19(22)23;2*1-7(2)6-8(3,4)5/h7-8H,3-6H2,1-2H3;2*7H,6H2,1-5H3.